The van der Waals surface area contributed by atoms with Crippen LogP contribution in [0, 0.1) is 0 Å². The smallest absolute Gasteiger partial charge is 0.100 e. The minimum atomic E-state index is 0.819. The molecule has 4 nitrogen and oxygen atoms in total. The summed E-state index contributed by atoms with van der Waals surface area (Å²) in [5.41, 5.74) is 6.81. The van der Waals surface area contributed by atoms with Crippen LogP contribution >= 0.6 is 0 Å². The van der Waals surface area contributed by atoms with Gasteiger partial charge in [0.05, 0.1) is 11.0 Å². The van der Waals surface area contributed by atoms with Crippen LogP contribution in [0.4, 0.5) is 0 Å². The highest BCUT2D eigenvalue weighted by Gasteiger charge is 2.06. The third-order valence-electron chi connectivity index (χ3n) is 4.75. The van der Waals surface area contributed by atoms with Gasteiger partial charge in [-0.15, -0.1) is 0 Å². The third-order valence-corrected chi connectivity index (χ3v) is 4.75. The average Bonchev–Trinajstić information content (AvgIpc) is 3.36. The Morgan fingerprint density at radius 2 is 1.81 bits per heavy atom. The SMILES string of the molecule is c1cncc(Cn2ccc(-c3cccc(-n4cnc5ccccc54)c3)c2)c1. The van der Waals surface area contributed by atoms with E-state index in [9.17, 15) is 0 Å². The predicted octanol–water partition coefficient (Wildman–Crippen LogP) is 4.94. The lowest BCUT2D eigenvalue weighted by Crippen LogP contribution is -1.96. The topological polar surface area (TPSA) is 35.6 Å². The minimum absolute atomic E-state index is 0.819. The van der Waals surface area contributed by atoms with E-state index in [0.29, 0.717) is 0 Å². The molecular weight excluding hydrogens is 332 g/mol. The van der Waals surface area contributed by atoms with Crippen LogP contribution in [0.5, 0.6) is 0 Å². The zero-order valence-electron chi connectivity index (χ0n) is 14.7. The maximum absolute atomic E-state index is 4.50. The molecule has 2 aromatic carbocycles. The van der Waals surface area contributed by atoms with Crippen molar-refractivity contribution < 1.29 is 0 Å². The first-order chi connectivity index (χ1) is 13.4. The maximum atomic E-state index is 4.50. The van der Waals surface area contributed by atoms with E-state index in [2.05, 4.69) is 74.0 Å². The number of hydrogen-bond acceptors (Lipinski definition) is 2. The number of pyridine rings is 1. The molecular formula is C23H18N4. The van der Waals surface area contributed by atoms with Gasteiger partial charge in [-0.3, -0.25) is 9.55 Å². The van der Waals surface area contributed by atoms with Crippen LogP contribution in [0.25, 0.3) is 27.8 Å². The zero-order valence-corrected chi connectivity index (χ0v) is 14.7. The fourth-order valence-electron chi connectivity index (χ4n) is 3.41. The lowest BCUT2D eigenvalue weighted by atomic mass is 10.1. The first-order valence-electron chi connectivity index (χ1n) is 8.94. The van der Waals surface area contributed by atoms with Gasteiger partial charge in [0.15, 0.2) is 0 Å². The van der Waals surface area contributed by atoms with Crippen LogP contribution in [0.1, 0.15) is 5.56 Å². The van der Waals surface area contributed by atoms with Gasteiger partial charge in [0.2, 0.25) is 0 Å². The van der Waals surface area contributed by atoms with Crippen molar-refractivity contribution in [3.63, 3.8) is 0 Å². The Morgan fingerprint density at radius 3 is 2.74 bits per heavy atom. The molecule has 0 unspecified atom stereocenters. The molecule has 0 atom stereocenters. The Bertz CT molecular complexity index is 1200. The number of nitrogens with zero attached hydrogens (tertiary/aromatic N) is 4. The van der Waals surface area contributed by atoms with Crippen molar-refractivity contribution in [3.8, 4) is 16.8 Å². The van der Waals surface area contributed by atoms with E-state index in [4.69, 9.17) is 0 Å². The first kappa shape index (κ1) is 15.6. The Balaban J connectivity index is 1.48. The van der Waals surface area contributed by atoms with E-state index in [0.717, 1.165) is 23.3 Å². The normalized spacial score (nSPS) is 11.1. The molecule has 0 amide bonds. The van der Waals surface area contributed by atoms with Crippen molar-refractivity contribution in [1.29, 1.82) is 0 Å². The molecule has 4 heteroatoms. The zero-order chi connectivity index (χ0) is 18.1. The number of imidazole rings is 1. The van der Waals surface area contributed by atoms with E-state index < -0.39 is 0 Å². The first-order valence-corrected chi connectivity index (χ1v) is 8.94. The van der Waals surface area contributed by atoms with Gasteiger partial charge < -0.3 is 4.57 Å². The number of aromatic nitrogens is 4. The Hall–Kier alpha value is -3.66. The molecule has 3 heterocycles. The summed E-state index contributed by atoms with van der Waals surface area (Å²) >= 11 is 0. The quantitative estimate of drug-likeness (QED) is 0.460. The molecule has 5 aromatic rings. The molecule has 0 aliphatic rings. The van der Waals surface area contributed by atoms with Crippen molar-refractivity contribution in [3.05, 3.63) is 103 Å². The van der Waals surface area contributed by atoms with Crippen LogP contribution in [-0.4, -0.2) is 19.1 Å². The average molecular weight is 350 g/mol. The van der Waals surface area contributed by atoms with Crippen molar-refractivity contribution in [1.82, 2.24) is 19.1 Å². The van der Waals surface area contributed by atoms with Gasteiger partial charge in [-0.1, -0.05) is 30.3 Å². The molecule has 0 radical (unpaired) electrons. The molecule has 3 aromatic heterocycles. The van der Waals surface area contributed by atoms with Crippen LogP contribution in [0.15, 0.2) is 97.8 Å². The summed E-state index contributed by atoms with van der Waals surface area (Å²) in [5.74, 6) is 0. The summed E-state index contributed by atoms with van der Waals surface area (Å²) in [5, 5.41) is 0. The Morgan fingerprint density at radius 1 is 0.852 bits per heavy atom. The van der Waals surface area contributed by atoms with Crippen LogP contribution in [0.2, 0.25) is 0 Å². The van der Waals surface area contributed by atoms with Gasteiger partial charge >= 0.3 is 0 Å². The van der Waals surface area contributed by atoms with Gasteiger partial charge in [-0.05, 0) is 53.1 Å². The van der Waals surface area contributed by atoms with E-state index in [1.54, 1.807) is 6.20 Å². The molecule has 0 fully saturated rings. The van der Waals surface area contributed by atoms with Gasteiger partial charge in [0.25, 0.3) is 0 Å². The molecule has 27 heavy (non-hydrogen) atoms. The highest BCUT2D eigenvalue weighted by atomic mass is 15.0. The van der Waals surface area contributed by atoms with Gasteiger partial charge in [0, 0.05) is 37.0 Å². The fraction of sp³-hybridized carbons (Fsp3) is 0.0435. The second-order valence-corrected chi connectivity index (χ2v) is 6.59. The van der Waals surface area contributed by atoms with Crippen molar-refractivity contribution in [2.45, 2.75) is 6.54 Å². The van der Waals surface area contributed by atoms with Crippen molar-refractivity contribution >= 4 is 11.0 Å². The monoisotopic (exact) mass is 350 g/mol. The van der Waals surface area contributed by atoms with Gasteiger partial charge in [-0.25, -0.2) is 4.98 Å². The Labute approximate surface area is 157 Å². The molecule has 0 spiro atoms. The third kappa shape index (κ3) is 3.02. The van der Waals surface area contributed by atoms with E-state index in [-0.39, 0.29) is 0 Å². The van der Waals surface area contributed by atoms with Crippen LogP contribution in [0.3, 0.4) is 0 Å². The predicted molar refractivity (Wildman–Crippen MR) is 108 cm³/mol. The molecule has 130 valence electrons. The summed E-state index contributed by atoms with van der Waals surface area (Å²) in [7, 11) is 0. The molecule has 0 aliphatic heterocycles. The van der Waals surface area contributed by atoms with Gasteiger partial charge in [0.1, 0.15) is 6.33 Å². The van der Waals surface area contributed by atoms with E-state index in [1.807, 2.05) is 36.8 Å². The summed E-state index contributed by atoms with van der Waals surface area (Å²) in [6.07, 6.45) is 9.89. The van der Waals surface area contributed by atoms with Crippen LogP contribution in [-0.2, 0) is 6.54 Å². The van der Waals surface area contributed by atoms with Crippen molar-refractivity contribution in [2.24, 2.45) is 0 Å². The number of hydrogen-bond donors (Lipinski definition) is 0. The summed E-state index contributed by atoms with van der Waals surface area (Å²) < 4.78 is 4.32. The molecule has 0 aliphatic carbocycles. The number of rotatable bonds is 4. The summed E-state index contributed by atoms with van der Waals surface area (Å²) in [4.78, 5) is 8.69. The fourth-order valence-corrected chi connectivity index (χ4v) is 3.41. The van der Waals surface area contributed by atoms with E-state index >= 15 is 0 Å². The lowest BCUT2D eigenvalue weighted by molar-refractivity contribution is 0.802. The summed E-state index contributed by atoms with van der Waals surface area (Å²) in [6.45, 7) is 0.819. The highest BCUT2D eigenvalue weighted by Crippen LogP contribution is 2.25. The standard InChI is InChI=1S/C23H18N4/c1-2-9-23-22(8-1)25-17-27(23)21-7-3-6-19(13-21)20-10-12-26(16-20)15-18-5-4-11-24-14-18/h1-14,16-17H,15H2. The largest absolute Gasteiger partial charge is 0.349 e. The number of benzene rings is 2. The van der Waals surface area contributed by atoms with Gasteiger partial charge in [-0.2, -0.15) is 0 Å². The summed E-state index contributed by atoms with van der Waals surface area (Å²) in [6, 6.07) is 23.0. The molecule has 0 N–H and O–H groups in total. The second kappa shape index (κ2) is 6.57. The van der Waals surface area contributed by atoms with Crippen molar-refractivity contribution in [2.75, 3.05) is 0 Å². The molecule has 0 saturated heterocycles. The molecule has 0 saturated carbocycles. The molecule has 5 rings (SSSR count). The number of para-hydroxylation sites is 2. The van der Waals surface area contributed by atoms with E-state index in [1.165, 1.54) is 16.7 Å². The second-order valence-electron chi connectivity index (χ2n) is 6.59. The highest BCUT2D eigenvalue weighted by molar-refractivity contribution is 5.78. The maximum Gasteiger partial charge on any atom is 0.100 e. The Kier molecular flexibility index (Phi) is 3.79. The lowest BCUT2D eigenvalue weighted by Gasteiger charge is -2.07. The number of fused-ring (bicyclic) bond motifs is 1. The minimum Gasteiger partial charge on any atom is -0.349 e. The molecule has 0 bridgehead atoms. The van der Waals surface area contributed by atoms with Crippen LogP contribution < -0.4 is 0 Å².